The second-order valence-corrected chi connectivity index (χ2v) is 6.34. The standard InChI is InChI=1S/C20H17N5O3/c26-19(24-28)15-4-5-18-16(11-15)20(27)25(12-21-18)9-7-13-2-1-3-14(10-13)17-6-8-22-23-17/h1-6,8,10-12,28H,7,9H2,(H,22,23)(H,24,26). The van der Waals surface area contributed by atoms with Gasteiger partial charge in [-0.15, -0.1) is 0 Å². The zero-order valence-electron chi connectivity index (χ0n) is 14.8. The fourth-order valence-corrected chi connectivity index (χ4v) is 3.08. The van der Waals surface area contributed by atoms with E-state index in [0.717, 1.165) is 16.8 Å². The molecule has 0 unspecified atom stereocenters. The molecular formula is C20H17N5O3. The first kappa shape index (κ1) is 17.6. The first-order valence-electron chi connectivity index (χ1n) is 8.68. The van der Waals surface area contributed by atoms with E-state index in [-0.39, 0.29) is 11.1 Å². The number of amides is 1. The molecule has 0 aliphatic carbocycles. The van der Waals surface area contributed by atoms with Crippen LogP contribution in [0.2, 0.25) is 0 Å². The smallest absolute Gasteiger partial charge is 0.274 e. The molecule has 3 N–H and O–H groups in total. The number of H-pyrrole nitrogens is 1. The van der Waals surface area contributed by atoms with E-state index >= 15 is 0 Å². The maximum atomic E-state index is 12.8. The van der Waals surface area contributed by atoms with Crippen LogP contribution in [0.4, 0.5) is 0 Å². The normalized spacial score (nSPS) is 10.9. The van der Waals surface area contributed by atoms with E-state index in [2.05, 4.69) is 21.2 Å². The number of carbonyl (C=O) groups is 1. The average Bonchev–Trinajstić information content (AvgIpc) is 3.28. The highest BCUT2D eigenvalue weighted by molar-refractivity contribution is 5.97. The summed E-state index contributed by atoms with van der Waals surface area (Å²) in [5, 5.41) is 16.0. The monoisotopic (exact) mass is 375 g/mol. The molecule has 0 aliphatic heterocycles. The van der Waals surface area contributed by atoms with Crippen molar-refractivity contribution in [2.24, 2.45) is 0 Å². The molecule has 8 nitrogen and oxygen atoms in total. The highest BCUT2D eigenvalue weighted by Gasteiger charge is 2.10. The van der Waals surface area contributed by atoms with Crippen molar-refractivity contribution in [2.45, 2.75) is 13.0 Å². The Kier molecular flexibility index (Phi) is 4.69. The summed E-state index contributed by atoms with van der Waals surface area (Å²) in [5.41, 5.74) is 5.06. The summed E-state index contributed by atoms with van der Waals surface area (Å²) < 4.78 is 1.52. The van der Waals surface area contributed by atoms with Gasteiger partial charge in [0.15, 0.2) is 0 Å². The van der Waals surface area contributed by atoms with Crippen LogP contribution in [0.1, 0.15) is 15.9 Å². The minimum Gasteiger partial charge on any atom is -0.298 e. The van der Waals surface area contributed by atoms with Crippen molar-refractivity contribution in [1.82, 2.24) is 25.2 Å². The van der Waals surface area contributed by atoms with E-state index in [1.807, 2.05) is 24.3 Å². The molecule has 2 heterocycles. The molecule has 8 heteroatoms. The Morgan fingerprint density at radius 3 is 2.86 bits per heavy atom. The lowest BCUT2D eigenvalue weighted by Crippen LogP contribution is -2.23. The van der Waals surface area contributed by atoms with E-state index in [4.69, 9.17) is 5.21 Å². The minimum atomic E-state index is -0.674. The Morgan fingerprint density at radius 2 is 2.07 bits per heavy atom. The van der Waals surface area contributed by atoms with Gasteiger partial charge in [-0.05, 0) is 47.9 Å². The van der Waals surface area contributed by atoms with Crippen LogP contribution in [0.25, 0.3) is 22.2 Å². The van der Waals surface area contributed by atoms with Crippen LogP contribution >= 0.6 is 0 Å². The van der Waals surface area contributed by atoms with Gasteiger partial charge in [0.2, 0.25) is 0 Å². The van der Waals surface area contributed by atoms with Crippen LogP contribution in [0.5, 0.6) is 0 Å². The third-order valence-electron chi connectivity index (χ3n) is 4.57. The van der Waals surface area contributed by atoms with Gasteiger partial charge in [0.05, 0.1) is 22.9 Å². The largest absolute Gasteiger partial charge is 0.298 e. The van der Waals surface area contributed by atoms with Gasteiger partial charge in [0, 0.05) is 18.3 Å². The van der Waals surface area contributed by atoms with Gasteiger partial charge in [-0.2, -0.15) is 5.10 Å². The summed E-state index contributed by atoms with van der Waals surface area (Å²) in [6.45, 7) is 0.449. The summed E-state index contributed by atoms with van der Waals surface area (Å²) in [7, 11) is 0. The maximum Gasteiger partial charge on any atom is 0.274 e. The summed E-state index contributed by atoms with van der Waals surface area (Å²) in [4.78, 5) is 28.7. The summed E-state index contributed by atoms with van der Waals surface area (Å²) in [6, 6.07) is 14.4. The number of nitrogens with one attached hydrogen (secondary N) is 2. The molecule has 28 heavy (non-hydrogen) atoms. The molecule has 4 aromatic rings. The number of aryl methyl sites for hydroxylation is 2. The first-order valence-corrected chi connectivity index (χ1v) is 8.68. The number of fused-ring (bicyclic) bond motifs is 1. The highest BCUT2D eigenvalue weighted by Crippen LogP contribution is 2.18. The third kappa shape index (κ3) is 3.40. The second-order valence-electron chi connectivity index (χ2n) is 6.34. The molecule has 0 saturated heterocycles. The molecule has 2 aromatic carbocycles. The summed E-state index contributed by atoms with van der Waals surface area (Å²) in [6.07, 6.45) is 3.86. The van der Waals surface area contributed by atoms with Crippen LogP contribution in [-0.2, 0) is 13.0 Å². The fraction of sp³-hybridized carbons (Fsp3) is 0.100. The van der Waals surface area contributed by atoms with Crippen molar-refractivity contribution >= 4 is 16.8 Å². The number of hydrogen-bond donors (Lipinski definition) is 3. The number of benzene rings is 2. The number of nitrogens with zero attached hydrogens (tertiary/aromatic N) is 3. The van der Waals surface area contributed by atoms with Gasteiger partial charge in [0.25, 0.3) is 11.5 Å². The molecule has 0 radical (unpaired) electrons. The lowest BCUT2D eigenvalue weighted by molar-refractivity contribution is 0.0706. The molecule has 2 aromatic heterocycles. The number of rotatable bonds is 5. The van der Waals surface area contributed by atoms with Gasteiger partial charge in [0.1, 0.15) is 0 Å². The van der Waals surface area contributed by atoms with E-state index in [1.165, 1.54) is 23.0 Å². The van der Waals surface area contributed by atoms with Gasteiger partial charge < -0.3 is 0 Å². The molecule has 1 amide bonds. The molecule has 0 fully saturated rings. The van der Waals surface area contributed by atoms with Gasteiger partial charge in [-0.1, -0.05) is 18.2 Å². The lowest BCUT2D eigenvalue weighted by atomic mass is 10.1. The molecule has 0 atom stereocenters. The van der Waals surface area contributed by atoms with Crippen LogP contribution in [0.3, 0.4) is 0 Å². The number of aromatic nitrogens is 4. The molecule has 0 bridgehead atoms. The van der Waals surface area contributed by atoms with Gasteiger partial charge in [-0.25, -0.2) is 10.5 Å². The predicted molar refractivity (Wildman–Crippen MR) is 103 cm³/mol. The van der Waals surface area contributed by atoms with Crippen molar-refractivity contribution < 1.29 is 10.0 Å². The zero-order chi connectivity index (χ0) is 19.5. The number of carbonyl (C=O) groups excluding carboxylic acids is 1. The molecule has 140 valence electrons. The van der Waals surface area contributed by atoms with Crippen molar-refractivity contribution in [3.8, 4) is 11.3 Å². The second kappa shape index (κ2) is 7.45. The van der Waals surface area contributed by atoms with E-state index in [9.17, 15) is 9.59 Å². The van der Waals surface area contributed by atoms with Crippen molar-refractivity contribution in [2.75, 3.05) is 0 Å². The number of hydrogen-bond acceptors (Lipinski definition) is 5. The lowest BCUT2D eigenvalue weighted by Gasteiger charge is -2.08. The third-order valence-corrected chi connectivity index (χ3v) is 4.57. The first-order chi connectivity index (χ1) is 13.7. The van der Waals surface area contributed by atoms with Gasteiger partial charge >= 0.3 is 0 Å². The van der Waals surface area contributed by atoms with E-state index < -0.39 is 5.91 Å². The molecular weight excluding hydrogens is 358 g/mol. The van der Waals surface area contributed by atoms with E-state index in [1.54, 1.807) is 17.7 Å². The van der Waals surface area contributed by atoms with Crippen LogP contribution in [-0.4, -0.2) is 30.9 Å². The minimum absolute atomic E-state index is 0.193. The Balaban J connectivity index is 1.60. The Bertz CT molecular complexity index is 1200. The SMILES string of the molecule is O=C(NO)c1ccc2ncn(CCc3cccc(-c4ccn[nH]4)c3)c(=O)c2c1. The fourth-order valence-electron chi connectivity index (χ4n) is 3.08. The summed E-state index contributed by atoms with van der Waals surface area (Å²) >= 11 is 0. The topological polar surface area (TPSA) is 113 Å². The highest BCUT2D eigenvalue weighted by atomic mass is 16.5. The Labute approximate surface area is 159 Å². The zero-order valence-corrected chi connectivity index (χ0v) is 14.8. The van der Waals surface area contributed by atoms with E-state index in [0.29, 0.717) is 23.9 Å². The van der Waals surface area contributed by atoms with Crippen molar-refractivity contribution in [3.05, 3.63) is 82.5 Å². The quantitative estimate of drug-likeness (QED) is 0.365. The van der Waals surface area contributed by atoms with Crippen molar-refractivity contribution in [1.29, 1.82) is 0 Å². The predicted octanol–water partition coefficient (Wildman–Crippen LogP) is 2.15. The number of aromatic amines is 1. The average molecular weight is 375 g/mol. The number of hydroxylamine groups is 1. The Hall–Kier alpha value is -3.78. The molecule has 0 aliphatic rings. The molecule has 4 rings (SSSR count). The van der Waals surface area contributed by atoms with Crippen LogP contribution in [0.15, 0.2) is 65.8 Å². The van der Waals surface area contributed by atoms with Gasteiger partial charge in [-0.3, -0.25) is 24.5 Å². The summed E-state index contributed by atoms with van der Waals surface area (Å²) in [5.74, 6) is -0.674. The Morgan fingerprint density at radius 1 is 1.18 bits per heavy atom. The maximum absolute atomic E-state index is 12.8. The van der Waals surface area contributed by atoms with Crippen LogP contribution < -0.4 is 11.0 Å². The molecule has 0 spiro atoms. The molecule has 0 saturated carbocycles. The van der Waals surface area contributed by atoms with Crippen LogP contribution in [0, 0.1) is 0 Å². The van der Waals surface area contributed by atoms with Crippen molar-refractivity contribution in [3.63, 3.8) is 0 Å².